The van der Waals surface area contributed by atoms with Crippen LogP contribution < -0.4 is 15.6 Å². The minimum Gasteiger partial charge on any atom is -0.380 e. The van der Waals surface area contributed by atoms with Gasteiger partial charge in [-0.05, 0) is 95.0 Å². The molecule has 0 spiro atoms. The van der Waals surface area contributed by atoms with E-state index in [1.807, 2.05) is 18.5 Å². The normalized spacial score (nSPS) is 16.6. The van der Waals surface area contributed by atoms with E-state index in [1.54, 1.807) is 0 Å². The zero-order valence-corrected chi connectivity index (χ0v) is 32.5. The number of nitrogens with one attached hydrogen (secondary N) is 3. The van der Waals surface area contributed by atoms with Gasteiger partial charge in [0.2, 0.25) is 5.82 Å². The van der Waals surface area contributed by atoms with E-state index in [9.17, 15) is 0 Å². The van der Waals surface area contributed by atoms with Gasteiger partial charge in [0.1, 0.15) is 6.04 Å². The van der Waals surface area contributed by atoms with Gasteiger partial charge in [0.05, 0.1) is 6.04 Å². The molecular weight excluding hydrogens is 647 g/mol. The average molecular weight is 703 g/mol. The molecule has 5 aromatic rings. The van der Waals surface area contributed by atoms with Gasteiger partial charge in [0.25, 0.3) is 5.84 Å². The summed E-state index contributed by atoms with van der Waals surface area (Å²) in [4.78, 5) is 13.5. The van der Waals surface area contributed by atoms with Gasteiger partial charge in [-0.3, -0.25) is 4.99 Å². The van der Waals surface area contributed by atoms with Gasteiger partial charge in [0.15, 0.2) is 5.69 Å². The Morgan fingerprint density at radius 2 is 1.08 bits per heavy atom. The van der Waals surface area contributed by atoms with E-state index in [0.717, 1.165) is 58.9 Å². The number of nitrogens with zero attached hydrogens (tertiary/aromatic N) is 2. The lowest BCUT2D eigenvalue weighted by molar-refractivity contribution is -0.500. The SMILES string of the molecule is CCC(C)c1ccc(C2=CNC([C@@H](C)[NH+]=C(Nc3ccc(-c4ccc(C(C)CC)cc4)cn3)c3ccc(-c4ccc(C(C)CC)cc4)cn3)C=C2)cc1. The van der Waals surface area contributed by atoms with Crippen molar-refractivity contribution >= 4 is 17.2 Å². The number of allylic oxidation sites excluding steroid dienone is 2. The monoisotopic (exact) mass is 702 g/mol. The van der Waals surface area contributed by atoms with Gasteiger partial charge >= 0.3 is 0 Å². The molecule has 272 valence electrons. The summed E-state index contributed by atoms with van der Waals surface area (Å²) in [5.41, 5.74) is 11.8. The van der Waals surface area contributed by atoms with Crippen molar-refractivity contribution < 1.29 is 4.99 Å². The quantitative estimate of drug-likeness (QED) is 0.0844. The van der Waals surface area contributed by atoms with Crippen LogP contribution in [0.2, 0.25) is 0 Å². The molecule has 53 heavy (non-hydrogen) atoms. The molecule has 1 aliphatic heterocycles. The topological polar surface area (TPSA) is 63.8 Å². The molecule has 5 nitrogen and oxygen atoms in total. The summed E-state index contributed by atoms with van der Waals surface area (Å²) in [6.45, 7) is 15.7. The van der Waals surface area contributed by atoms with Crippen LogP contribution in [0.25, 0.3) is 27.8 Å². The highest BCUT2D eigenvalue weighted by molar-refractivity contribution is 6.02. The second-order valence-corrected chi connectivity index (χ2v) is 14.7. The first-order valence-corrected chi connectivity index (χ1v) is 19.5. The molecule has 4 unspecified atom stereocenters. The molecule has 6 rings (SSSR count). The van der Waals surface area contributed by atoms with Crippen molar-refractivity contribution in [2.45, 2.75) is 97.6 Å². The van der Waals surface area contributed by atoms with E-state index in [0.29, 0.717) is 17.8 Å². The molecule has 0 saturated carbocycles. The predicted molar refractivity (Wildman–Crippen MR) is 224 cm³/mol. The van der Waals surface area contributed by atoms with Crippen LogP contribution >= 0.6 is 0 Å². The number of aromatic nitrogens is 2. The fourth-order valence-corrected chi connectivity index (χ4v) is 6.68. The standard InChI is InChI=1S/C48H55N5/c1-8-32(4)36-11-17-39(18-12-36)42-23-26-45(49-29-42)35(7)52-48(46-27-24-43(30-50-46)40-19-13-37(14-20-40)33(5)9-2)53-47-28-25-44(31-51-47)41-21-15-38(16-22-41)34(6)10-3/h11-35,45,49H,8-10H2,1-7H3,(H,51,52,53)/p+1/t32?,33?,34?,35-,45?/m1/s1. The minimum atomic E-state index is 0.0391. The third kappa shape index (κ3) is 9.21. The molecule has 0 radical (unpaired) electrons. The van der Waals surface area contributed by atoms with Gasteiger partial charge in [-0.1, -0.05) is 133 Å². The number of anilines is 1. The molecular formula is C48H56N5+. The molecule has 3 heterocycles. The summed E-state index contributed by atoms with van der Waals surface area (Å²) in [6.07, 6.45) is 13.9. The molecule has 5 atom stereocenters. The summed E-state index contributed by atoms with van der Waals surface area (Å²) in [5.74, 6) is 3.23. The van der Waals surface area contributed by atoms with Crippen molar-refractivity contribution in [1.29, 1.82) is 0 Å². The number of rotatable bonds is 13. The first-order valence-electron chi connectivity index (χ1n) is 19.5. The Hall–Kier alpha value is -5.29. The Balaban J connectivity index is 1.22. The lowest BCUT2D eigenvalue weighted by Crippen LogP contribution is -2.84. The Bertz CT molecular complexity index is 2010. The van der Waals surface area contributed by atoms with Crippen LogP contribution in [0, 0.1) is 0 Å². The first-order chi connectivity index (χ1) is 25.8. The molecule has 2 aromatic heterocycles. The third-order valence-electron chi connectivity index (χ3n) is 11.1. The number of dihydropyridines is 1. The van der Waals surface area contributed by atoms with Crippen molar-refractivity contribution in [3.05, 3.63) is 156 Å². The Morgan fingerprint density at radius 1 is 0.604 bits per heavy atom. The molecule has 0 saturated heterocycles. The van der Waals surface area contributed by atoms with Crippen molar-refractivity contribution in [1.82, 2.24) is 15.3 Å². The lowest BCUT2D eigenvalue weighted by atomic mass is 9.95. The smallest absolute Gasteiger partial charge is 0.300 e. The van der Waals surface area contributed by atoms with Crippen molar-refractivity contribution in [3.8, 4) is 22.3 Å². The number of hydrogen-bond donors (Lipinski definition) is 3. The van der Waals surface area contributed by atoms with Crippen LogP contribution in [0.4, 0.5) is 5.82 Å². The summed E-state index contributed by atoms with van der Waals surface area (Å²) in [7, 11) is 0. The van der Waals surface area contributed by atoms with E-state index in [2.05, 4.69) is 173 Å². The highest BCUT2D eigenvalue weighted by Crippen LogP contribution is 2.27. The lowest BCUT2D eigenvalue weighted by Gasteiger charge is -2.22. The van der Waals surface area contributed by atoms with Gasteiger partial charge in [-0.25, -0.2) is 15.3 Å². The van der Waals surface area contributed by atoms with Gasteiger partial charge < -0.3 is 5.32 Å². The summed E-state index contributed by atoms with van der Waals surface area (Å²) in [6, 6.07) is 35.2. The van der Waals surface area contributed by atoms with E-state index >= 15 is 0 Å². The number of amidine groups is 1. The highest BCUT2D eigenvalue weighted by Gasteiger charge is 2.22. The summed E-state index contributed by atoms with van der Waals surface area (Å²) < 4.78 is 0. The zero-order chi connectivity index (χ0) is 37.3. The maximum absolute atomic E-state index is 4.96. The molecule has 1 aliphatic rings. The number of benzene rings is 3. The summed E-state index contributed by atoms with van der Waals surface area (Å²) in [5, 5.41) is 7.22. The van der Waals surface area contributed by atoms with E-state index < -0.39 is 0 Å². The Kier molecular flexibility index (Phi) is 12.4. The number of pyridine rings is 2. The average Bonchev–Trinajstić information content (AvgIpc) is 3.23. The first kappa shape index (κ1) is 37.5. The maximum Gasteiger partial charge on any atom is 0.300 e. The maximum atomic E-state index is 4.96. The second-order valence-electron chi connectivity index (χ2n) is 14.7. The van der Waals surface area contributed by atoms with Gasteiger partial charge in [0, 0.05) is 35.8 Å². The second kappa shape index (κ2) is 17.5. The highest BCUT2D eigenvalue weighted by atomic mass is 15.1. The molecule has 0 bridgehead atoms. The van der Waals surface area contributed by atoms with Crippen LogP contribution in [0.5, 0.6) is 0 Å². The van der Waals surface area contributed by atoms with Crippen molar-refractivity contribution in [3.63, 3.8) is 0 Å². The minimum absolute atomic E-state index is 0.0391. The molecule has 3 N–H and O–H groups in total. The summed E-state index contributed by atoms with van der Waals surface area (Å²) >= 11 is 0. The van der Waals surface area contributed by atoms with Gasteiger partial charge in [-0.15, -0.1) is 0 Å². The zero-order valence-electron chi connectivity index (χ0n) is 32.5. The molecule has 5 heteroatoms. The van der Waals surface area contributed by atoms with Gasteiger partial charge in [-0.2, -0.15) is 0 Å². The molecule has 0 aliphatic carbocycles. The van der Waals surface area contributed by atoms with Crippen LogP contribution in [0.1, 0.15) is 113 Å². The van der Waals surface area contributed by atoms with Crippen molar-refractivity contribution in [2.24, 2.45) is 0 Å². The molecule has 0 fully saturated rings. The fourth-order valence-electron chi connectivity index (χ4n) is 6.68. The number of hydrogen-bond acceptors (Lipinski definition) is 3. The van der Waals surface area contributed by atoms with E-state index in [4.69, 9.17) is 9.97 Å². The van der Waals surface area contributed by atoms with E-state index in [-0.39, 0.29) is 12.1 Å². The molecule has 3 aromatic carbocycles. The Morgan fingerprint density at radius 3 is 1.49 bits per heavy atom. The fraction of sp³-hybridized carbons (Fsp3) is 0.312. The van der Waals surface area contributed by atoms with E-state index in [1.165, 1.54) is 27.8 Å². The van der Waals surface area contributed by atoms with Crippen LogP contribution in [0.3, 0.4) is 0 Å². The third-order valence-corrected chi connectivity index (χ3v) is 11.1. The van der Waals surface area contributed by atoms with Crippen molar-refractivity contribution in [2.75, 3.05) is 5.32 Å². The van der Waals surface area contributed by atoms with Crippen LogP contribution in [0.15, 0.2) is 128 Å². The Labute approximate surface area is 317 Å². The van der Waals surface area contributed by atoms with Crippen LogP contribution in [-0.4, -0.2) is 27.9 Å². The predicted octanol–water partition coefficient (Wildman–Crippen LogP) is 10.2. The van der Waals surface area contributed by atoms with Crippen LogP contribution in [-0.2, 0) is 0 Å². The molecule has 0 amide bonds. The largest absolute Gasteiger partial charge is 0.380 e.